The Hall–Kier alpha value is -2.60. The lowest BCUT2D eigenvalue weighted by atomic mass is 10.2. The summed E-state index contributed by atoms with van der Waals surface area (Å²) in [5.41, 5.74) is 4.43. The number of hydrogen-bond donors (Lipinski definition) is 2. The molecule has 2 N–H and O–H groups in total. The minimum Gasteiger partial charge on any atom is -0.495 e. The van der Waals surface area contributed by atoms with E-state index in [9.17, 15) is 0 Å². The molecule has 2 aromatic carbocycles. The summed E-state index contributed by atoms with van der Waals surface area (Å²) in [6.07, 6.45) is 1.67. The van der Waals surface area contributed by atoms with E-state index in [0.29, 0.717) is 17.5 Å². The van der Waals surface area contributed by atoms with Gasteiger partial charge in [0.05, 0.1) is 25.6 Å². The number of rotatable bonds is 6. The molecule has 0 fully saturated rings. The van der Waals surface area contributed by atoms with Crippen LogP contribution < -0.4 is 20.2 Å². The minimum absolute atomic E-state index is 0.375. The highest BCUT2D eigenvalue weighted by molar-refractivity contribution is 7.80. The zero-order chi connectivity index (χ0) is 16.5. The highest BCUT2D eigenvalue weighted by atomic mass is 32.1. The molecule has 120 valence electrons. The molecule has 0 aliphatic heterocycles. The second kappa shape index (κ2) is 8.75. The van der Waals surface area contributed by atoms with E-state index < -0.39 is 0 Å². The van der Waals surface area contributed by atoms with Gasteiger partial charge in [-0.05, 0) is 43.4 Å². The van der Waals surface area contributed by atoms with Crippen LogP contribution in [-0.4, -0.2) is 25.0 Å². The number of benzene rings is 2. The zero-order valence-electron chi connectivity index (χ0n) is 13.1. The lowest BCUT2D eigenvalue weighted by Crippen LogP contribution is -2.24. The quantitative estimate of drug-likeness (QED) is 0.483. The summed E-state index contributed by atoms with van der Waals surface area (Å²) in [4.78, 5) is 0. The van der Waals surface area contributed by atoms with Crippen molar-refractivity contribution in [1.29, 1.82) is 0 Å². The molecular weight excluding hydrogens is 310 g/mol. The third-order valence-electron chi connectivity index (χ3n) is 2.94. The Bertz CT molecular complexity index is 689. The predicted octanol–water partition coefficient (Wildman–Crippen LogP) is 3.41. The van der Waals surface area contributed by atoms with E-state index in [1.165, 1.54) is 0 Å². The van der Waals surface area contributed by atoms with Crippen molar-refractivity contribution < 1.29 is 9.47 Å². The molecule has 0 heterocycles. The van der Waals surface area contributed by atoms with E-state index in [-0.39, 0.29) is 0 Å². The van der Waals surface area contributed by atoms with E-state index in [1.807, 2.05) is 55.5 Å². The molecule has 6 heteroatoms. The molecule has 0 aromatic heterocycles. The van der Waals surface area contributed by atoms with Crippen LogP contribution in [0, 0.1) is 0 Å². The van der Waals surface area contributed by atoms with Crippen molar-refractivity contribution in [3.05, 3.63) is 54.1 Å². The monoisotopic (exact) mass is 329 g/mol. The SMILES string of the molecule is CCOc1ccccc1C=NNC(=S)Nc1ccccc1OC. The van der Waals surface area contributed by atoms with Crippen LogP contribution in [0.4, 0.5) is 5.69 Å². The van der Waals surface area contributed by atoms with Crippen molar-refractivity contribution >= 4 is 29.2 Å². The van der Waals surface area contributed by atoms with E-state index in [0.717, 1.165) is 17.0 Å². The third kappa shape index (κ3) is 4.96. The van der Waals surface area contributed by atoms with Gasteiger partial charge in [-0.1, -0.05) is 24.3 Å². The van der Waals surface area contributed by atoms with Crippen LogP contribution in [0.3, 0.4) is 0 Å². The molecule has 0 saturated heterocycles. The average Bonchev–Trinajstić information content (AvgIpc) is 2.57. The molecule has 0 atom stereocenters. The first-order chi connectivity index (χ1) is 11.2. The van der Waals surface area contributed by atoms with Crippen molar-refractivity contribution in [3.8, 4) is 11.5 Å². The Morgan fingerprint density at radius 2 is 1.83 bits per heavy atom. The normalized spacial score (nSPS) is 10.3. The molecule has 0 aliphatic carbocycles. The first-order valence-corrected chi connectivity index (χ1v) is 7.60. The van der Waals surface area contributed by atoms with Gasteiger partial charge >= 0.3 is 0 Å². The minimum atomic E-state index is 0.375. The molecule has 0 amide bonds. The van der Waals surface area contributed by atoms with Crippen LogP contribution in [-0.2, 0) is 0 Å². The summed E-state index contributed by atoms with van der Waals surface area (Å²) in [6, 6.07) is 15.2. The Morgan fingerprint density at radius 1 is 1.13 bits per heavy atom. The van der Waals surface area contributed by atoms with Gasteiger partial charge in [-0.2, -0.15) is 5.10 Å². The van der Waals surface area contributed by atoms with Crippen LogP contribution in [0.15, 0.2) is 53.6 Å². The summed E-state index contributed by atoms with van der Waals surface area (Å²) >= 11 is 5.22. The van der Waals surface area contributed by atoms with E-state index >= 15 is 0 Å². The predicted molar refractivity (Wildman–Crippen MR) is 97.6 cm³/mol. The van der Waals surface area contributed by atoms with Crippen molar-refractivity contribution in [2.75, 3.05) is 19.0 Å². The zero-order valence-corrected chi connectivity index (χ0v) is 13.9. The number of nitrogens with zero attached hydrogens (tertiary/aromatic N) is 1. The van der Waals surface area contributed by atoms with E-state index in [4.69, 9.17) is 21.7 Å². The summed E-state index contributed by atoms with van der Waals surface area (Å²) < 4.78 is 10.8. The molecule has 0 spiro atoms. The number of hydrazone groups is 1. The first kappa shape index (κ1) is 16.8. The highest BCUT2D eigenvalue weighted by Crippen LogP contribution is 2.22. The van der Waals surface area contributed by atoms with E-state index in [1.54, 1.807) is 13.3 Å². The van der Waals surface area contributed by atoms with Gasteiger partial charge in [-0.15, -0.1) is 0 Å². The molecule has 0 radical (unpaired) electrons. The summed E-state index contributed by atoms with van der Waals surface area (Å²) in [5.74, 6) is 1.49. The van der Waals surface area contributed by atoms with Crippen LogP contribution in [0.1, 0.15) is 12.5 Å². The topological polar surface area (TPSA) is 54.9 Å². The van der Waals surface area contributed by atoms with Crippen molar-refractivity contribution in [2.24, 2.45) is 5.10 Å². The molecule has 0 bridgehead atoms. The molecule has 0 aliphatic rings. The second-order valence-electron chi connectivity index (χ2n) is 4.50. The van der Waals surface area contributed by atoms with Gasteiger partial charge in [0.1, 0.15) is 11.5 Å². The summed E-state index contributed by atoms with van der Waals surface area (Å²) in [5, 5.41) is 7.55. The molecule has 2 aromatic rings. The number of hydrogen-bond acceptors (Lipinski definition) is 4. The van der Waals surface area contributed by atoms with Gasteiger partial charge in [0.2, 0.25) is 0 Å². The summed E-state index contributed by atoms with van der Waals surface area (Å²) in [7, 11) is 1.61. The Labute approximate surface area is 141 Å². The largest absolute Gasteiger partial charge is 0.495 e. The lowest BCUT2D eigenvalue weighted by Gasteiger charge is -2.11. The first-order valence-electron chi connectivity index (χ1n) is 7.19. The maximum Gasteiger partial charge on any atom is 0.191 e. The van der Waals surface area contributed by atoms with Crippen LogP contribution in [0.2, 0.25) is 0 Å². The fourth-order valence-electron chi connectivity index (χ4n) is 1.93. The third-order valence-corrected chi connectivity index (χ3v) is 3.14. The molecular formula is C17H19N3O2S. The maximum absolute atomic E-state index is 5.54. The standard InChI is InChI=1S/C17H19N3O2S/c1-3-22-15-10-6-4-8-13(15)12-18-20-17(23)19-14-9-5-7-11-16(14)21-2/h4-12H,3H2,1-2H3,(H2,19,20,23). The van der Waals surface area contributed by atoms with Gasteiger partial charge in [0, 0.05) is 5.56 Å². The second-order valence-corrected chi connectivity index (χ2v) is 4.90. The lowest BCUT2D eigenvalue weighted by molar-refractivity contribution is 0.340. The van der Waals surface area contributed by atoms with Crippen LogP contribution in [0.25, 0.3) is 0 Å². The van der Waals surface area contributed by atoms with Crippen LogP contribution >= 0.6 is 12.2 Å². The highest BCUT2D eigenvalue weighted by Gasteiger charge is 2.03. The maximum atomic E-state index is 5.54. The fraction of sp³-hybridized carbons (Fsp3) is 0.176. The number of para-hydroxylation sites is 3. The van der Waals surface area contributed by atoms with Crippen LogP contribution in [0.5, 0.6) is 11.5 Å². The van der Waals surface area contributed by atoms with Crippen molar-refractivity contribution in [1.82, 2.24) is 5.43 Å². The van der Waals surface area contributed by atoms with Gasteiger partial charge < -0.3 is 14.8 Å². The Kier molecular flexibility index (Phi) is 6.38. The summed E-state index contributed by atoms with van der Waals surface area (Å²) in [6.45, 7) is 2.55. The molecule has 2 rings (SSSR count). The average molecular weight is 329 g/mol. The van der Waals surface area contributed by atoms with Crippen molar-refractivity contribution in [2.45, 2.75) is 6.92 Å². The van der Waals surface area contributed by atoms with Gasteiger partial charge in [0.15, 0.2) is 5.11 Å². The number of anilines is 1. The fourth-order valence-corrected chi connectivity index (χ4v) is 2.10. The number of ether oxygens (including phenoxy) is 2. The Morgan fingerprint density at radius 3 is 2.57 bits per heavy atom. The smallest absolute Gasteiger partial charge is 0.191 e. The van der Waals surface area contributed by atoms with Gasteiger partial charge in [0.25, 0.3) is 0 Å². The molecule has 0 unspecified atom stereocenters. The number of thiocarbonyl (C=S) groups is 1. The van der Waals surface area contributed by atoms with E-state index in [2.05, 4.69) is 15.8 Å². The van der Waals surface area contributed by atoms with Crippen molar-refractivity contribution in [3.63, 3.8) is 0 Å². The van der Waals surface area contributed by atoms with Gasteiger partial charge in [-0.3, -0.25) is 5.43 Å². The molecule has 23 heavy (non-hydrogen) atoms. The Balaban J connectivity index is 1.96. The molecule has 0 saturated carbocycles. The van der Waals surface area contributed by atoms with Gasteiger partial charge in [-0.25, -0.2) is 0 Å². The number of methoxy groups -OCH3 is 1. The molecule has 5 nitrogen and oxygen atoms in total. The number of nitrogens with one attached hydrogen (secondary N) is 2.